The largest absolute Gasteiger partial charge is 0.330 e. The standard InChI is InChI=1S/C18H20ClN7O.ClH/c19-13-3-1-2-12(10-13)18(11-20)8-6-14(7-9-18)26-16(27)5-4-15(23-26)17-21-24-25-22-17;/h1-5,10,14H,6-9,11,20H2,(H,21,22,24,25);1H/t14-,18+;. The summed E-state index contributed by atoms with van der Waals surface area (Å²) in [4.78, 5) is 12.4. The van der Waals surface area contributed by atoms with E-state index in [2.05, 4.69) is 31.8 Å². The molecule has 148 valence electrons. The second kappa shape index (κ2) is 8.38. The second-order valence-electron chi connectivity index (χ2n) is 6.98. The summed E-state index contributed by atoms with van der Waals surface area (Å²) in [6.07, 6.45) is 3.37. The van der Waals surface area contributed by atoms with Crippen molar-refractivity contribution in [3.63, 3.8) is 0 Å². The number of nitrogens with two attached hydrogens (primary N) is 1. The number of H-pyrrole nitrogens is 1. The van der Waals surface area contributed by atoms with Crippen molar-refractivity contribution in [2.24, 2.45) is 5.73 Å². The van der Waals surface area contributed by atoms with Crippen LogP contribution in [0.5, 0.6) is 0 Å². The topological polar surface area (TPSA) is 115 Å². The lowest BCUT2D eigenvalue weighted by molar-refractivity contribution is 0.222. The molecular weight excluding hydrogens is 401 g/mol. The van der Waals surface area contributed by atoms with Crippen LogP contribution in [-0.4, -0.2) is 36.9 Å². The van der Waals surface area contributed by atoms with E-state index in [4.69, 9.17) is 17.3 Å². The first-order valence-corrected chi connectivity index (χ1v) is 9.29. The SMILES string of the molecule is Cl.NC[C@]1(c2cccc(Cl)c2)CC[C@@H](n2nc(-c3nnn[nH]3)ccc2=O)CC1. The molecular formula is C18H21Cl2N7O. The summed E-state index contributed by atoms with van der Waals surface area (Å²) in [6, 6.07) is 11.1. The highest BCUT2D eigenvalue weighted by atomic mass is 35.5. The van der Waals surface area contributed by atoms with Crippen molar-refractivity contribution in [3.8, 4) is 11.5 Å². The molecule has 1 aliphatic rings. The summed E-state index contributed by atoms with van der Waals surface area (Å²) in [6.45, 7) is 0.548. The molecule has 3 N–H and O–H groups in total. The first kappa shape index (κ1) is 20.4. The van der Waals surface area contributed by atoms with Crippen LogP contribution < -0.4 is 11.3 Å². The second-order valence-corrected chi connectivity index (χ2v) is 7.41. The van der Waals surface area contributed by atoms with Gasteiger partial charge >= 0.3 is 0 Å². The van der Waals surface area contributed by atoms with E-state index < -0.39 is 0 Å². The Kier molecular flexibility index (Phi) is 6.12. The lowest BCUT2D eigenvalue weighted by Gasteiger charge is -2.40. The lowest BCUT2D eigenvalue weighted by atomic mass is 9.68. The number of hydrogen-bond acceptors (Lipinski definition) is 6. The molecule has 10 heteroatoms. The normalized spacial score (nSPS) is 21.9. The Morgan fingerprint density at radius 1 is 1.25 bits per heavy atom. The van der Waals surface area contributed by atoms with Crippen molar-refractivity contribution < 1.29 is 0 Å². The van der Waals surface area contributed by atoms with Gasteiger partial charge in [-0.2, -0.15) is 5.10 Å². The molecule has 0 aliphatic heterocycles. The van der Waals surface area contributed by atoms with E-state index in [0.29, 0.717) is 23.1 Å². The zero-order chi connectivity index (χ0) is 18.9. The van der Waals surface area contributed by atoms with Crippen LogP contribution in [0.4, 0.5) is 0 Å². The molecule has 0 radical (unpaired) electrons. The van der Waals surface area contributed by atoms with Crippen molar-refractivity contribution in [1.82, 2.24) is 30.4 Å². The Bertz CT molecular complexity index is 982. The van der Waals surface area contributed by atoms with E-state index >= 15 is 0 Å². The number of hydrogen-bond donors (Lipinski definition) is 2. The Labute approximate surface area is 172 Å². The Balaban J connectivity index is 0.00000225. The molecule has 0 bridgehead atoms. The Morgan fingerprint density at radius 3 is 2.68 bits per heavy atom. The van der Waals surface area contributed by atoms with Crippen LogP contribution >= 0.6 is 24.0 Å². The predicted molar refractivity (Wildman–Crippen MR) is 109 cm³/mol. The van der Waals surface area contributed by atoms with Gasteiger partial charge in [0.1, 0.15) is 5.69 Å². The third kappa shape index (κ3) is 3.80. The quantitative estimate of drug-likeness (QED) is 0.668. The fraction of sp³-hybridized carbons (Fsp3) is 0.389. The van der Waals surface area contributed by atoms with E-state index in [1.165, 1.54) is 6.07 Å². The maximum Gasteiger partial charge on any atom is 0.267 e. The van der Waals surface area contributed by atoms with Gasteiger partial charge in [0.2, 0.25) is 0 Å². The molecule has 0 amide bonds. The van der Waals surface area contributed by atoms with Gasteiger partial charge < -0.3 is 5.73 Å². The average molecular weight is 422 g/mol. The average Bonchev–Trinajstić information content (AvgIpc) is 3.23. The third-order valence-electron chi connectivity index (χ3n) is 5.50. The van der Waals surface area contributed by atoms with Crippen LogP contribution in [0.2, 0.25) is 5.02 Å². The fourth-order valence-electron chi connectivity index (χ4n) is 3.91. The Hall–Kier alpha value is -2.29. The van der Waals surface area contributed by atoms with Gasteiger partial charge in [0.05, 0.1) is 6.04 Å². The summed E-state index contributed by atoms with van der Waals surface area (Å²) in [7, 11) is 0. The third-order valence-corrected chi connectivity index (χ3v) is 5.73. The number of nitrogens with one attached hydrogen (secondary N) is 1. The molecule has 1 aromatic carbocycles. The van der Waals surface area contributed by atoms with Crippen molar-refractivity contribution in [2.45, 2.75) is 37.1 Å². The molecule has 0 spiro atoms. The zero-order valence-corrected chi connectivity index (χ0v) is 16.7. The van der Waals surface area contributed by atoms with Crippen LogP contribution in [-0.2, 0) is 5.41 Å². The van der Waals surface area contributed by atoms with Crippen molar-refractivity contribution in [3.05, 3.63) is 57.3 Å². The predicted octanol–water partition coefficient (Wildman–Crippen LogP) is 2.51. The Morgan fingerprint density at radius 2 is 2.04 bits per heavy atom. The van der Waals surface area contributed by atoms with Gasteiger partial charge in [0, 0.05) is 23.0 Å². The highest BCUT2D eigenvalue weighted by molar-refractivity contribution is 6.30. The molecule has 8 nitrogen and oxygen atoms in total. The molecule has 2 heterocycles. The molecule has 3 aromatic rings. The molecule has 1 fully saturated rings. The lowest BCUT2D eigenvalue weighted by Crippen LogP contribution is -2.41. The molecule has 1 saturated carbocycles. The summed E-state index contributed by atoms with van der Waals surface area (Å²) in [5.41, 5.74) is 7.64. The number of tetrazole rings is 1. The number of nitrogens with zero attached hydrogens (tertiary/aromatic N) is 5. The van der Waals surface area contributed by atoms with Crippen molar-refractivity contribution in [2.75, 3.05) is 6.54 Å². The van der Waals surface area contributed by atoms with E-state index in [0.717, 1.165) is 31.2 Å². The number of halogens is 2. The van der Waals surface area contributed by atoms with E-state index in [1.807, 2.05) is 18.2 Å². The monoisotopic (exact) mass is 421 g/mol. The van der Waals surface area contributed by atoms with Crippen LogP contribution in [0.1, 0.15) is 37.3 Å². The molecule has 28 heavy (non-hydrogen) atoms. The van der Waals surface area contributed by atoms with E-state index in [-0.39, 0.29) is 29.4 Å². The molecule has 1 aliphatic carbocycles. The molecule has 0 atom stereocenters. The highest BCUT2D eigenvalue weighted by Gasteiger charge is 2.37. The molecule has 2 aromatic heterocycles. The maximum atomic E-state index is 12.4. The first-order valence-electron chi connectivity index (χ1n) is 8.91. The van der Waals surface area contributed by atoms with E-state index in [9.17, 15) is 4.79 Å². The van der Waals surface area contributed by atoms with Crippen LogP contribution in [0, 0.1) is 0 Å². The van der Waals surface area contributed by atoms with Gasteiger partial charge in [-0.15, -0.1) is 17.5 Å². The molecule has 0 saturated heterocycles. The fourth-order valence-corrected chi connectivity index (χ4v) is 4.10. The van der Waals surface area contributed by atoms with Crippen LogP contribution in [0.3, 0.4) is 0 Å². The maximum absolute atomic E-state index is 12.4. The number of rotatable bonds is 4. The van der Waals surface area contributed by atoms with Gasteiger partial charge in [-0.1, -0.05) is 23.7 Å². The summed E-state index contributed by atoms with van der Waals surface area (Å²) in [5, 5.41) is 18.9. The number of benzene rings is 1. The van der Waals surface area contributed by atoms with Gasteiger partial charge in [-0.05, 0) is 59.9 Å². The summed E-state index contributed by atoms with van der Waals surface area (Å²) in [5.74, 6) is 0.440. The highest BCUT2D eigenvalue weighted by Crippen LogP contribution is 2.42. The smallest absolute Gasteiger partial charge is 0.267 e. The van der Waals surface area contributed by atoms with Gasteiger partial charge in [0.15, 0.2) is 5.82 Å². The van der Waals surface area contributed by atoms with Crippen molar-refractivity contribution in [1.29, 1.82) is 0 Å². The first-order chi connectivity index (χ1) is 13.1. The zero-order valence-electron chi connectivity index (χ0n) is 15.1. The minimum atomic E-state index is -0.126. The van der Waals surface area contributed by atoms with Gasteiger partial charge in [-0.3, -0.25) is 4.79 Å². The van der Waals surface area contributed by atoms with E-state index in [1.54, 1.807) is 10.7 Å². The van der Waals surface area contributed by atoms with Gasteiger partial charge in [0.25, 0.3) is 5.56 Å². The molecule has 0 unspecified atom stereocenters. The van der Waals surface area contributed by atoms with Crippen LogP contribution in [0.25, 0.3) is 11.5 Å². The van der Waals surface area contributed by atoms with Crippen LogP contribution in [0.15, 0.2) is 41.2 Å². The minimum absolute atomic E-state index is 0. The summed E-state index contributed by atoms with van der Waals surface area (Å²) >= 11 is 6.18. The molecule has 4 rings (SSSR count). The summed E-state index contributed by atoms with van der Waals surface area (Å²) < 4.78 is 1.55. The van der Waals surface area contributed by atoms with Crippen molar-refractivity contribution >= 4 is 24.0 Å². The van der Waals surface area contributed by atoms with Gasteiger partial charge in [-0.25, -0.2) is 9.78 Å². The minimum Gasteiger partial charge on any atom is -0.330 e. The number of aromatic nitrogens is 6. The number of aromatic amines is 1.